The normalized spacial score (nSPS) is 17.6. The molecule has 0 spiro atoms. The zero-order valence-corrected chi connectivity index (χ0v) is 17.1. The van der Waals surface area contributed by atoms with Gasteiger partial charge < -0.3 is 14.7 Å². The number of carbonyl (C=O) groups is 2. The van der Waals surface area contributed by atoms with E-state index in [-0.39, 0.29) is 11.5 Å². The molecule has 0 saturated carbocycles. The lowest BCUT2D eigenvalue weighted by molar-refractivity contribution is -0.152. The highest BCUT2D eigenvalue weighted by molar-refractivity contribution is 7.13. The van der Waals surface area contributed by atoms with Crippen LogP contribution in [0.1, 0.15) is 39.0 Å². The lowest BCUT2D eigenvalue weighted by Gasteiger charge is -2.34. The number of thiophene rings is 1. The summed E-state index contributed by atoms with van der Waals surface area (Å²) in [7, 11) is 1.95. The Morgan fingerprint density at radius 2 is 1.93 bits per heavy atom. The van der Waals surface area contributed by atoms with Crippen LogP contribution < -0.4 is 5.32 Å². The van der Waals surface area contributed by atoms with Crippen molar-refractivity contribution in [3.63, 3.8) is 0 Å². The van der Waals surface area contributed by atoms with Crippen molar-refractivity contribution in [1.29, 1.82) is 0 Å². The van der Waals surface area contributed by atoms with E-state index in [2.05, 4.69) is 10.2 Å². The van der Waals surface area contributed by atoms with Crippen molar-refractivity contribution < 1.29 is 23.8 Å². The Bertz CT molecular complexity index is 834. The first-order valence-corrected chi connectivity index (χ1v) is 10.3. The molecule has 1 aliphatic rings. The predicted molar refractivity (Wildman–Crippen MR) is 109 cm³/mol. The van der Waals surface area contributed by atoms with E-state index >= 15 is 0 Å². The van der Waals surface area contributed by atoms with Crippen molar-refractivity contribution >= 4 is 23.3 Å². The molecule has 1 saturated heterocycles. The van der Waals surface area contributed by atoms with Gasteiger partial charge in [0.25, 0.3) is 0 Å². The summed E-state index contributed by atoms with van der Waals surface area (Å²) in [5, 5.41) is 12.2. The summed E-state index contributed by atoms with van der Waals surface area (Å²) in [6, 6.07) is 11.6. The van der Waals surface area contributed by atoms with Gasteiger partial charge in [0, 0.05) is 24.5 Å². The van der Waals surface area contributed by atoms with Crippen LogP contribution in [0.5, 0.6) is 0 Å². The molecular weight excluding hydrogens is 395 g/mol. The number of carboxylic acid groups (broad SMARTS) is 1. The summed E-state index contributed by atoms with van der Waals surface area (Å²) in [6.45, 7) is 1.32. The lowest BCUT2D eigenvalue weighted by atomic mass is 9.94. The van der Waals surface area contributed by atoms with Crippen LogP contribution in [0.2, 0.25) is 0 Å². The largest absolute Gasteiger partial charge is 0.477 e. The topological polar surface area (TPSA) is 78.9 Å². The Morgan fingerprint density at radius 1 is 1.24 bits per heavy atom. The van der Waals surface area contributed by atoms with Gasteiger partial charge >= 0.3 is 11.9 Å². The minimum atomic E-state index is -1.49. The summed E-state index contributed by atoms with van der Waals surface area (Å²) < 4.78 is 20.3. The molecule has 6 nitrogen and oxygen atoms in total. The summed E-state index contributed by atoms with van der Waals surface area (Å²) in [4.78, 5) is 26.9. The molecule has 8 heteroatoms. The van der Waals surface area contributed by atoms with E-state index in [1.54, 1.807) is 18.2 Å². The standard InChI is InChI=1S/C21H25FN2O4S/c1-24-11-9-21(22,10-12-24)14-28-20(27)18(15-5-3-2-4-6-15)23-13-16-7-8-17(29-16)19(25)26/h2-8,18,23H,9-14H2,1H3,(H,25,26). The monoisotopic (exact) mass is 420 g/mol. The van der Waals surface area contributed by atoms with Gasteiger partial charge in [-0.1, -0.05) is 30.3 Å². The predicted octanol–water partition coefficient (Wildman–Crippen LogP) is 3.25. The second-order valence-corrected chi connectivity index (χ2v) is 8.53. The molecule has 1 atom stereocenters. The number of nitrogens with one attached hydrogen (secondary N) is 1. The first-order valence-electron chi connectivity index (χ1n) is 9.51. The number of rotatable bonds is 8. The smallest absolute Gasteiger partial charge is 0.345 e. The van der Waals surface area contributed by atoms with Gasteiger partial charge in [0.1, 0.15) is 23.2 Å². The minimum Gasteiger partial charge on any atom is -0.477 e. The summed E-state index contributed by atoms with van der Waals surface area (Å²) in [5.41, 5.74) is -0.781. The number of likely N-dealkylation sites (tertiary alicyclic amines) is 1. The van der Waals surface area contributed by atoms with Crippen molar-refractivity contribution in [1.82, 2.24) is 10.2 Å². The van der Waals surface area contributed by atoms with Crippen LogP contribution in [0.25, 0.3) is 0 Å². The maximum atomic E-state index is 14.9. The number of piperidine rings is 1. The quantitative estimate of drug-likeness (QED) is 0.639. The van der Waals surface area contributed by atoms with Gasteiger partial charge in [-0.2, -0.15) is 0 Å². The molecule has 3 rings (SSSR count). The van der Waals surface area contributed by atoms with Crippen molar-refractivity contribution in [3.05, 3.63) is 57.8 Å². The Labute approximate surface area is 173 Å². The number of esters is 1. The molecule has 1 aliphatic heterocycles. The second-order valence-electron chi connectivity index (χ2n) is 7.36. The molecule has 0 bridgehead atoms. The number of alkyl halides is 1. The van der Waals surface area contributed by atoms with E-state index in [1.807, 2.05) is 25.2 Å². The Morgan fingerprint density at radius 3 is 2.55 bits per heavy atom. The molecule has 1 fully saturated rings. The van der Waals surface area contributed by atoms with E-state index in [0.29, 0.717) is 38.0 Å². The fourth-order valence-electron chi connectivity index (χ4n) is 3.22. The summed E-state index contributed by atoms with van der Waals surface area (Å²) in [6.07, 6.45) is 0.681. The SMILES string of the molecule is CN1CCC(F)(COC(=O)C(NCc2ccc(C(=O)O)s2)c2ccccc2)CC1. The maximum Gasteiger partial charge on any atom is 0.345 e. The van der Waals surface area contributed by atoms with Crippen LogP contribution in [0.3, 0.4) is 0 Å². The molecule has 0 radical (unpaired) electrons. The number of carboxylic acids is 1. The first-order chi connectivity index (χ1) is 13.9. The average molecular weight is 421 g/mol. The molecule has 0 aliphatic carbocycles. The van der Waals surface area contributed by atoms with Crippen molar-refractivity contribution in [3.8, 4) is 0 Å². The van der Waals surface area contributed by atoms with Gasteiger partial charge in [0.05, 0.1) is 0 Å². The Balaban J connectivity index is 1.65. The number of ether oxygens (including phenoxy) is 1. The summed E-state index contributed by atoms with van der Waals surface area (Å²) in [5.74, 6) is -1.52. The third-order valence-corrected chi connectivity index (χ3v) is 6.15. The molecule has 0 amide bonds. The van der Waals surface area contributed by atoms with E-state index < -0.39 is 23.6 Å². The first kappa shape index (κ1) is 21.4. The molecule has 29 heavy (non-hydrogen) atoms. The summed E-state index contributed by atoms with van der Waals surface area (Å²) >= 11 is 1.15. The van der Waals surface area contributed by atoms with Gasteiger partial charge in [0.15, 0.2) is 0 Å². The van der Waals surface area contributed by atoms with Crippen molar-refractivity contribution in [2.24, 2.45) is 0 Å². The number of hydrogen-bond donors (Lipinski definition) is 2. The Kier molecular flexibility index (Phi) is 7.00. The van der Waals surface area contributed by atoms with E-state index in [1.165, 1.54) is 6.07 Å². The third-order valence-electron chi connectivity index (χ3n) is 5.08. The molecule has 2 aromatic rings. The highest BCUT2D eigenvalue weighted by atomic mass is 32.1. The zero-order chi connectivity index (χ0) is 20.9. The van der Waals surface area contributed by atoms with Crippen molar-refractivity contribution in [2.75, 3.05) is 26.7 Å². The molecule has 2 heterocycles. The van der Waals surface area contributed by atoms with E-state index in [4.69, 9.17) is 9.84 Å². The van der Waals surface area contributed by atoms with Crippen LogP contribution in [0, 0.1) is 0 Å². The highest BCUT2D eigenvalue weighted by Gasteiger charge is 2.36. The number of halogens is 1. The van der Waals surface area contributed by atoms with Crippen LogP contribution in [-0.4, -0.2) is 54.4 Å². The number of aromatic carboxylic acids is 1. The highest BCUT2D eigenvalue weighted by Crippen LogP contribution is 2.27. The third kappa shape index (κ3) is 5.85. The van der Waals surface area contributed by atoms with Gasteiger partial charge in [-0.3, -0.25) is 5.32 Å². The molecule has 1 aromatic carbocycles. The number of nitrogens with zero attached hydrogens (tertiary/aromatic N) is 1. The van der Waals surface area contributed by atoms with Gasteiger partial charge in [-0.25, -0.2) is 14.0 Å². The number of carbonyl (C=O) groups excluding carboxylic acids is 1. The zero-order valence-electron chi connectivity index (χ0n) is 16.3. The number of benzene rings is 1. The van der Waals surface area contributed by atoms with Crippen molar-refractivity contribution in [2.45, 2.75) is 31.1 Å². The molecular formula is C21H25FN2O4S. The van der Waals surface area contributed by atoms with Gasteiger partial charge in [-0.05, 0) is 37.6 Å². The minimum absolute atomic E-state index is 0.238. The van der Waals surface area contributed by atoms with E-state index in [0.717, 1.165) is 16.2 Å². The lowest BCUT2D eigenvalue weighted by Crippen LogP contribution is -2.44. The molecule has 156 valence electrons. The van der Waals surface area contributed by atoms with Crippen LogP contribution in [0.15, 0.2) is 42.5 Å². The van der Waals surface area contributed by atoms with Crippen LogP contribution in [0.4, 0.5) is 4.39 Å². The van der Waals surface area contributed by atoms with E-state index in [9.17, 15) is 14.0 Å². The average Bonchev–Trinajstić information content (AvgIpc) is 3.19. The Hall–Kier alpha value is -2.29. The molecule has 1 aromatic heterocycles. The fraction of sp³-hybridized carbons (Fsp3) is 0.429. The molecule has 1 unspecified atom stereocenters. The van der Waals surface area contributed by atoms with Crippen LogP contribution in [-0.2, 0) is 16.1 Å². The number of hydrogen-bond acceptors (Lipinski definition) is 6. The van der Waals surface area contributed by atoms with Gasteiger partial charge in [0.2, 0.25) is 0 Å². The van der Waals surface area contributed by atoms with Crippen LogP contribution >= 0.6 is 11.3 Å². The fourth-order valence-corrected chi connectivity index (χ4v) is 4.02. The van der Waals surface area contributed by atoms with Gasteiger partial charge in [-0.15, -0.1) is 11.3 Å². The maximum absolute atomic E-state index is 14.9. The second kappa shape index (κ2) is 9.47. The molecule has 2 N–H and O–H groups in total.